The summed E-state index contributed by atoms with van der Waals surface area (Å²) in [6, 6.07) is 0.0864. The van der Waals surface area contributed by atoms with E-state index in [-0.39, 0.29) is 33.1 Å². The van der Waals surface area contributed by atoms with Crippen molar-refractivity contribution in [1.29, 1.82) is 0 Å². The first kappa shape index (κ1) is 12.8. The highest BCUT2D eigenvalue weighted by Gasteiger charge is 2.35. The van der Waals surface area contributed by atoms with Gasteiger partial charge >= 0.3 is 6.09 Å². The van der Waals surface area contributed by atoms with Crippen LogP contribution < -0.4 is 5.32 Å². The Morgan fingerprint density at radius 2 is 2.41 bits per heavy atom. The summed E-state index contributed by atoms with van der Waals surface area (Å²) in [6.07, 6.45) is 1.76. The first-order valence-electron chi connectivity index (χ1n) is 5.76. The van der Waals surface area contributed by atoms with E-state index in [1.54, 1.807) is 4.90 Å². The van der Waals surface area contributed by atoms with Gasteiger partial charge in [0.15, 0.2) is 0 Å². The molecule has 0 aromatic carbocycles. The molecule has 0 aromatic heterocycles. The first-order valence-corrected chi connectivity index (χ1v) is 7.97. The zero-order chi connectivity index (χ0) is 12.5. The first-order chi connectivity index (χ1) is 7.97. The molecule has 0 unspecified atom stereocenters. The monoisotopic (exact) mass is 351 g/mol. The molecule has 2 aliphatic rings. The summed E-state index contributed by atoms with van der Waals surface area (Å²) in [4.78, 5) is 13.8. The zero-order valence-corrected chi connectivity index (χ0v) is 12.5. The predicted molar refractivity (Wildman–Crippen MR) is 76.6 cm³/mol. The summed E-state index contributed by atoms with van der Waals surface area (Å²) >= 11 is -0.210. The molecule has 2 heterocycles. The number of carbonyl (C=O) groups excluding carboxylic acids is 1. The van der Waals surface area contributed by atoms with Gasteiger partial charge in [0.2, 0.25) is 0 Å². The average molecular weight is 351 g/mol. The molecular weight excluding hydrogens is 333 g/mol. The topological polar surface area (TPSA) is 53.9 Å². The van der Waals surface area contributed by atoms with Gasteiger partial charge in [-0.15, -0.1) is 0 Å². The van der Waals surface area contributed by atoms with E-state index in [1.807, 2.05) is 24.9 Å². The largest absolute Gasteiger partial charge is 0.444 e. The standard InChI is InChI=1S/C11H18IN3O2/c1-11(2,3)17-10(16)15-6-4-5-8(15)9-13-7-12-14-9/h7-8H,4-6H2,1-3H3,(H,13,14)/t8-/m0/s1. The van der Waals surface area contributed by atoms with E-state index in [2.05, 4.69) is 8.52 Å². The molecule has 0 aliphatic carbocycles. The fourth-order valence-electron chi connectivity index (χ4n) is 1.92. The van der Waals surface area contributed by atoms with Gasteiger partial charge in [-0.25, -0.2) is 8.00 Å². The van der Waals surface area contributed by atoms with Crippen molar-refractivity contribution in [3.8, 4) is 0 Å². The van der Waals surface area contributed by atoms with Crippen molar-refractivity contribution in [3.63, 3.8) is 0 Å². The van der Waals surface area contributed by atoms with E-state index < -0.39 is 5.60 Å². The number of ether oxygens (including phenoxy) is 1. The van der Waals surface area contributed by atoms with Crippen LogP contribution in [0, 0.1) is 0 Å². The van der Waals surface area contributed by atoms with Crippen LogP contribution in [0.25, 0.3) is 0 Å². The number of nitrogens with zero attached hydrogens (tertiary/aromatic N) is 2. The van der Waals surface area contributed by atoms with Gasteiger partial charge in [-0.1, -0.05) is 0 Å². The molecule has 6 heteroatoms. The number of amidine groups is 1. The predicted octanol–water partition coefficient (Wildman–Crippen LogP) is 2.03. The van der Waals surface area contributed by atoms with Gasteiger partial charge in [0.25, 0.3) is 0 Å². The molecule has 96 valence electrons. The van der Waals surface area contributed by atoms with Gasteiger partial charge in [0.05, 0.1) is 10.2 Å². The summed E-state index contributed by atoms with van der Waals surface area (Å²) in [6.45, 7) is 6.43. The van der Waals surface area contributed by atoms with Gasteiger partial charge < -0.3 is 10.1 Å². The SMILES string of the molecule is CC(C)(C)OC(=O)N1CCC[C@H]1C1=NI=CN1. The third-order valence-electron chi connectivity index (χ3n) is 2.59. The number of halogens is 1. The Kier molecular flexibility index (Phi) is 3.70. The van der Waals surface area contributed by atoms with Crippen LogP contribution in [0.5, 0.6) is 0 Å². The summed E-state index contributed by atoms with van der Waals surface area (Å²) in [5.74, 6) is 0.946. The number of hydrogen-bond donors (Lipinski definition) is 1. The quantitative estimate of drug-likeness (QED) is 0.736. The van der Waals surface area contributed by atoms with Gasteiger partial charge in [-0.3, -0.25) is 4.90 Å². The molecule has 17 heavy (non-hydrogen) atoms. The minimum atomic E-state index is -0.436. The molecule has 1 amide bonds. The highest BCUT2D eigenvalue weighted by Crippen LogP contribution is 2.23. The van der Waals surface area contributed by atoms with Crippen molar-refractivity contribution in [1.82, 2.24) is 10.2 Å². The van der Waals surface area contributed by atoms with Gasteiger partial charge in [0, 0.05) is 27.5 Å². The second kappa shape index (κ2) is 4.91. The summed E-state index contributed by atoms with van der Waals surface area (Å²) in [7, 11) is 0. The number of amides is 1. The minimum Gasteiger partial charge on any atom is -0.444 e. The van der Waals surface area contributed by atoms with E-state index in [9.17, 15) is 4.79 Å². The smallest absolute Gasteiger partial charge is 0.410 e. The van der Waals surface area contributed by atoms with Crippen LogP contribution in [-0.4, -0.2) is 39.2 Å². The molecule has 1 fully saturated rings. The number of nitrogens with one attached hydrogen (secondary N) is 1. The number of hydrogen-bond acceptors (Lipinski definition) is 4. The van der Waals surface area contributed by atoms with E-state index in [0.29, 0.717) is 0 Å². The molecule has 0 saturated carbocycles. The molecule has 0 spiro atoms. The maximum absolute atomic E-state index is 12.0. The molecular formula is C11H18IN3O2. The number of rotatable bonds is 1. The van der Waals surface area contributed by atoms with Gasteiger partial charge in [-0.2, -0.15) is 0 Å². The Balaban J connectivity index is 2.02. The lowest BCUT2D eigenvalue weighted by atomic mass is 10.2. The Hall–Kier alpha value is -0.660. The molecule has 1 saturated heterocycles. The van der Waals surface area contributed by atoms with Crippen molar-refractivity contribution in [3.05, 3.63) is 0 Å². The maximum atomic E-state index is 12.0. The summed E-state index contributed by atoms with van der Waals surface area (Å²) in [5, 5.41) is 3.17. The molecule has 2 rings (SSSR count). The number of carbonyl (C=O) groups is 1. The van der Waals surface area contributed by atoms with Crippen molar-refractivity contribution >= 4 is 37.1 Å². The maximum Gasteiger partial charge on any atom is 0.410 e. The minimum absolute atomic E-state index is 0.0864. The fraction of sp³-hybridized carbons (Fsp3) is 0.727. The van der Waals surface area contributed by atoms with Crippen LogP contribution >= 0.6 is 21.0 Å². The van der Waals surface area contributed by atoms with Crippen molar-refractivity contribution in [2.75, 3.05) is 6.54 Å². The lowest BCUT2D eigenvalue weighted by molar-refractivity contribution is 0.0265. The Morgan fingerprint density at radius 1 is 1.65 bits per heavy atom. The zero-order valence-electron chi connectivity index (χ0n) is 10.4. The Bertz CT molecular complexity index is 373. The molecule has 2 aliphatic heterocycles. The lowest BCUT2D eigenvalue weighted by Crippen LogP contribution is -2.46. The second-order valence-corrected chi connectivity index (χ2v) is 6.81. The van der Waals surface area contributed by atoms with E-state index in [4.69, 9.17) is 4.74 Å². The van der Waals surface area contributed by atoms with E-state index >= 15 is 0 Å². The molecule has 1 atom stereocenters. The summed E-state index contributed by atoms with van der Waals surface area (Å²) < 4.78 is 11.9. The highest BCUT2D eigenvalue weighted by molar-refractivity contribution is 14.2. The molecule has 1 N–H and O–H groups in total. The molecule has 5 nitrogen and oxygen atoms in total. The van der Waals surface area contributed by atoms with Crippen LogP contribution in [-0.2, 0) is 4.74 Å². The van der Waals surface area contributed by atoms with Crippen molar-refractivity contribution in [2.24, 2.45) is 3.21 Å². The van der Waals surface area contributed by atoms with Gasteiger partial charge in [0.1, 0.15) is 11.4 Å². The van der Waals surface area contributed by atoms with Crippen molar-refractivity contribution < 1.29 is 9.53 Å². The number of likely N-dealkylation sites (tertiary alicyclic amines) is 1. The molecule has 0 aromatic rings. The highest BCUT2D eigenvalue weighted by atomic mass is 127. The second-order valence-electron chi connectivity index (χ2n) is 5.15. The van der Waals surface area contributed by atoms with Crippen LogP contribution in [0.2, 0.25) is 0 Å². The average Bonchev–Trinajstić information content (AvgIpc) is 2.85. The lowest BCUT2D eigenvalue weighted by Gasteiger charge is -2.28. The Labute approximate surface area is 112 Å². The summed E-state index contributed by atoms with van der Waals surface area (Å²) in [5.41, 5.74) is -0.436. The van der Waals surface area contributed by atoms with Crippen LogP contribution in [0.4, 0.5) is 4.79 Å². The third kappa shape index (κ3) is 3.17. The van der Waals surface area contributed by atoms with Crippen LogP contribution in [0.15, 0.2) is 3.21 Å². The van der Waals surface area contributed by atoms with Gasteiger partial charge in [-0.05, 0) is 33.6 Å². The normalized spacial score (nSPS) is 24.1. The molecule has 0 bridgehead atoms. The van der Waals surface area contributed by atoms with Crippen molar-refractivity contribution in [2.45, 2.75) is 45.3 Å². The third-order valence-corrected chi connectivity index (χ3v) is 3.98. The molecule has 0 radical (unpaired) electrons. The van der Waals surface area contributed by atoms with Crippen LogP contribution in [0.3, 0.4) is 0 Å². The van der Waals surface area contributed by atoms with Crippen LogP contribution in [0.1, 0.15) is 33.6 Å². The van der Waals surface area contributed by atoms with E-state index in [0.717, 1.165) is 25.2 Å². The Morgan fingerprint density at radius 3 is 3.00 bits per heavy atom. The fourth-order valence-corrected chi connectivity index (χ4v) is 3.28. The van der Waals surface area contributed by atoms with E-state index in [1.165, 1.54) is 0 Å².